The molecule has 0 bridgehead atoms. The van der Waals surface area contributed by atoms with Gasteiger partial charge in [0.1, 0.15) is 11.5 Å². The second kappa shape index (κ2) is 7.48. The van der Waals surface area contributed by atoms with Crippen molar-refractivity contribution in [2.24, 2.45) is 4.99 Å². The van der Waals surface area contributed by atoms with Crippen molar-refractivity contribution < 1.29 is 13.9 Å². The van der Waals surface area contributed by atoms with Crippen LogP contribution in [0.4, 0.5) is 0 Å². The van der Waals surface area contributed by atoms with Gasteiger partial charge in [-0.1, -0.05) is 23.2 Å². The lowest BCUT2D eigenvalue weighted by atomic mass is 10.2. The number of rotatable bonds is 2. The van der Waals surface area contributed by atoms with Gasteiger partial charge < -0.3 is 14.1 Å². The molecule has 0 unspecified atom stereocenters. The minimum absolute atomic E-state index is 0.251. The Labute approximate surface area is 164 Å². The molecule has 8 heteroatoms. The summed E-state index contributed by atoms with van der Waals surface area (Å²) in [5, 5.41) is 1.79. The van der Waals surface area contributed by atoms with Gasteiger partial charge in [-0.3, -0.25) is 4.79 Å². The number of carbonyl (C=O) groups excluding carboxylic acids is 1. The molecule has 0 aliphatic carbocycles. The lowest BCUT2D eigenvalue weighted by Gasteiger charge is -2.27. The number of carbonyl (C=O) groups is 1. The van der Waals surface area contributed by atoms with Gasteiger partial charge in [0, 0.05) is 29.8 Å². The fraction of sp³-hybridized carbons (Fsp3) is 0.222. The quantitative estimate of drug-likeness (QED) is 0.681. The summed E-state index contributed by atoms with van der Waals surface area (Å²) in [6.07, 6.45) is 1.71. The molecule has 5 nitrogen and oxygen atoms in total. The predicted octanol–water partition coefficient (Wildman–Crippen LogP) is 4.56. The van der Waals surface area contributed by atoms with Crippen LogP contribution in [-0.4, -0.2) is 42.3 Å². The SMILES string of the molecule is O=C1N=C(N2CCOCC2)S/C1=C\c1ccc(-c2ccc(Cl)cc2Cl)o1. The van der Waals surface area contributed by atoms with E-state index < -0.39 is 0 Å². The molecule has 0 radical (unpaired) electrons. The molecule has 1 fully saturated rings. The molecule has 1 aromatic heterocycles. The Morgan fingerprint density at radius 3 is 2.73 bits per heavy atom. The third-order valence-corrected chi connectivity index (χ3v) is 5.58. The number of halogens is 2. The fourth-order valence-corrected chi connectivity index (χ4v) is 4.13. The van der Waals surface area contributed by atoms with Crippen molar-refractivity contribution in [2.75, 3.05) is 26.3 Å². The standard InChI is InChI=1S/C18H14Cl2N2O3S/c19-11-1-3-13(14(20)9-11)15-4-2-12(25-15)10-16-17(23)21-18(26-16)22-5-7-24-8-6-22/h1-4,9-10H,5-8H2/b16-10-. The first-order chi connectivity index (χ1) is 12.6. The van der Waals surface area contributed by atoms with E-state index in [1.807, 2.05) is 6.07 Å². The van der Waals surface area contributed by atoms with Crippen LogP contribution in [0, 0.1) is 0 Å². The molecule has 0 atom stereocenters. The van der Waals surface area contributed by atoms with Gasteiger partial charge >= 0.3 is 0 Å². The van der Waals surface area contributed by atoms with Gasteiger partial charge in [-0.2, -0.15) is 4.99 Å². The largest absolute Gasteiger partial charge is 0.457 e. The number of hydrogen-bond donors (Lipinski definition) is 0. The average molecular weight is 409 g/mol. The summed E-state index contributed by atoms with van der Waals surface area (Å²) in [5.41, 5.74) is 0.747. The van der Waals surface area contributed by atoms with E-state index in [4.69, 9.17) is 32.4 Å². The number of aliphatic imine (C=N–C) groups is 1. The summed E-state index contributed by atoms with van der Waals surface area (Å²) >= 11 is 13.5. The third-order valence-electron chi connectivity index (χ3n) is 3.99. The van der Waals surface area contributed by atoms with E-state index in [-0.39, 0.29) is 5.91 Å². The first-order valence-electron chi connectivity index (χ1n) is 8.01. The van der Waals surface area contributed by atoms with Crippen molar-refractivity contribution in [3.63, 3.8) is 0 Å². The lowest BCUT2D eigenvalue weighted by molar-refractivity contribution is -0.113. The van der Waals surface area contributed by atoms with Crippen LogP contribution in [0.15, 0.2) is 44.6 Å². The van der Waals surface area contributed by atoms with E-state index >= 15 is 0 Å². The highest BCUT2D eigenvalue weighted by Gasteiger charge is 2.27. The van der Waals surface area contributed by atoms with Crippen LogP contribution in [0.5, 0.6) is 0 Å². The van der Waals surface area contributed by atoms with E-state index in [1.165, 1.54) is 11.8 Å². The number of nitrogens with zero attached hydrogens (tertiary/aromatic N) is 2. The summed E-state index contributed by atoms with van der Waals surface area (Å²) in [6.45, 7) is 2.78. The summed E-state index contributed by atoms with van der Waals surface area (Å²) in [5.74, 6) is 0.933. The summed E-state index contributed by atoms with van der Waals surface area (Å²) in [6, 6.07) is 8.83. The summed E-state index contributed by atoms with van der Waals surface area (Å²) in [4.78, 5) is 18.9. The zero-order valence-corrected chi connectivity index (χ0v) is 15.9. The van der Waals surface area contributed by atoms with Crippen LogP contribution in [0.25, 0.3) is 17.4 Å². The van der Waals surface area contributed by atoms with E-state index in [1.54, 1.807) is 30.3 Å². The number of amides is 1. The molecule has 0 spiro atoms. The molecule has 4 rings (SSSR count). The zero-order valence-electron chi connectivity index (χ0n) is 13.6. The van der Waals surface area contributed by atoms with Crippen LogP contribution in [0.3, 0.4) is 0 Å². The Kier molecular flexibility index (Phi) is 5.09. The number of morpholine rings is 1. The second-order valence-electron chi connectivity index (χ2n) is 5.74. The van der Waals surface area contributed by atoms with E-state index in [9.17, 15) is 4.79 Å². The monoisotopic (exact) mass is 408 g/mol. The molecule has 3 heterocycles. The maximum atomic E-state index is 12.2. The number of ether oxygens (including phenoxy) is 1. The van der Waals surface area contributed by atoms with Gasteiger partial charge in [0.2, 0.25) is 0 Å². The van der Waals surface area contributed by atoms with Gasteiger partial charge in [-0.05, 0) is 42.1 Å². The molecule has 1 amide bonds. The van der Waals surface area contributed by atoms with Gasteiger partial charge in [-0.15, -0.1) is 0 Å². The average Bonchev–Trinajstić information content (AvgIpc) is 3.23. The first-order valence-corrected chi connectivity index (χ1v) is 9.58. The molecule has 2 aromatic rings. The van der Waals surface area contributed by atoms with Crippen LogP contribution in [0.1, 0.15) is 5.76 Å². The Hall–Kier alpha value is -1.73. The number of amidine groups is 1. The molecular weight excluding hydrogens is 395 g/mol. The third kappa shape index (κ3) is 3.69. The summed E-state index contributed by atoms with van der Waals surface area (Å²) in [7, 11) is 0. The van der Waals surface area contributed by atoms with Crippen LogP contribution < -0.4 is 0 Å². The topological polar surface area (TPSA) is 55.0 Å². The van der Waals surface area contributed by atoms with Crippen molar-refractivity contribution in [1.29, 1.82) is 0 Å². The van der Waals surface area contributed by atoms with E-state index in [0.717, 1.165) is 23.8 Å². The number of benzene rings is 1. The minimum Gasteiger partial charge on any atom is -0.457 e. The smallest absolute Gasteiger partial charge is 0.286 e. The Bertz CT molecular complexity index is 917. The second-order valence-corrected chi connectivity index (χ2v) is 7.59. The lowest BCUT2D eigenvalue weighted by Crippen LogP contribution is -2.38. The highest BCUT2D eigenvalue weighted by atomic mass is 35.5. The van der Waals surface area contributed by atoms with Gasteiger partial charge in [0.25, 0.3) is 5.91 Å². The molecule has 2 aliphatic heterocycles. The predicted molar refractivity (Wildman–Crippen MR) is 105 cm³/mol. The zero-order chi connectivity index (χ0) is 18.1. The Morgan fingerprint density at radius 2 is 1.96 bits per heavy atom. The van der Waals surface area contributed by atoms with Crippen molar-refractivity contribution in [3.05, 3.63) is 51.0 Å². The van der Waals surface area contributed by atoms with Gasteiger partial charge in [0.15, 0.2) is 5.17 Å². The molecule has 0 N–H and O–H groups in total. The number of furan rings is 1. The molecule has 1 aromatic carbocycles. The Morgan fingerprint density at radius 1 is 1.15 bits per heavy atom. The highest BCUT2D eigenvalue weighted by Crippen LogP contribution is 2.34. The number of thioether (sulfide) groups is 1. The van der Waals surface area contributed by atoms with Crippen molar-refractivity contribution >= 4 is 52.1 Å². The van der Waals surface area contributed by atoms with Crippen molar-refractivity contribution in [1.82, 2.24) is 4.90 Å². The molecule has 134 valence electrons. The van der Waals surface area contributed by atoms with Crippen molar-refractivity contribution in [2.45, 2.75) is 0 Å². The van der Waals surface area contributed by atoms with Gasteiger partial charge in [-0.25, -0.2) is 0 Å². The van der Waals surface area contributed by atoms with E-state index in [0.29, 0.717) is 39.7 Å². The first kappa shape index (κ1) is 17.7. The molecule has 1 saturated heterocycles. The normalized spacial score (nSPS) is 19.3. The molecule has 26 heavy (non-hydrogen) atoms. The minimum atomic E-state index is -0.251. The molecular formula is C18H14Cl2N2O3S. The maximum absolute atomic E-state index is 12.2. The van der Waals surface area contributed by atoms with E-state index in [2.05, 4.69) is 9.89 Å². The maximum Gasteiger partial charge on any atom is 0.286 e. The molecule has 0 saturated carbocycles. The van der Waals surface area contributed by atoms with Crippen LogP contribution >= 0.6 is 35.0 Å². The van der Waals surface area contributed by atoms with Crippen LogP contribution in [0.2, 0.25) is 10.0 Å². The highest BCUT2D eigenvalue weighted by molar-refractivity contribution is 8.18. The van der Waals surface area contributed by atoms with Gasteiger partial charge in [0.05, 0.1) is 23.1 Å². The Balaban J connectivity index is 1.52. The number of hydrogen-bond acceptors (Lipinski definition) is 5. The van der Waals surface area contributed by atoms with Crippen molar-refractivity contribution in [3.8, 4) is 11.3 Å². The molecule has 2 aliphatic rings. The van der Waals surface area contributed by atoms with Crippen LogP contribution in [-0.2, 0) is 9.53 Å². The summed E-state index contributed by atoms with van der Waals surface area (Å²) < 4.78 is 11.2. The fourth-order valence-electron chi connectivity index (χ4n) is 2.68.